The number of carbonyl (C=O) groups is 1. The van der Waals surface area contributed by atoms with Crippen molar-refractivity contribution in [2.24, 2.45) is 5.73 Å². The Bertz CT molecular complexity index is 451. The van der Waals surface area contributed by atoms with E-state index in [4.69, 9.17) is 18.0 Å². The van der Waals surface area contributed by atoms with E-state index >= 15 is 0 Å². The fourth-order valence-corrected chi connectivity index (χ4v) is 3.36. The summed E-state index contributed by atoms with van der Waals surface area (Å²) in [6.07, 6.45) is 1.40. The van der Waals surface area contributed by atoms with Crippen molar-refractivity contribution in [1.82, 2.24) is 4.90 Å². The lowest BCUT2D eigenvalue weighted by Crippen LogP contribution is -2.36. The lowest BCUT2D eigenvalue weighted by atomic mass is 10.1. The molecule has 1 aromatic rings. The number of carbonyl (C=O) groups excluding carboxylic acids is 1. The van der Waals surface area contributed by atoms with E-state index in [1.54, 1.807) is 16.7 Å². The summed E-state index contributed by atoms with van der Waals surface area (Å²) in [5.74, 6) is 0.160. The first-order valence-electron chi connectivity index (χ1n) is 5.86. The van der Waals surface area contributed by atoms with Gasteiger partial charge in [0.05, 0.1) is 10.2 Å². The minimum absolute atomic E-state index is 0.00116. The van der Waals surface area contributed by atoms with Crippen LogP contribution in [0.2, 0.25) is 0 Å². The molecule has 2 N–H and O–H groups in total. The zero-order valence-electron chi connectivity index (χ0n) is 10.3. The van der Waals surface area contributed by atoms with Gasteiger partial charge in [-0.05, 0) is 18.1 Å². The lowest BCUT2D eigenvalue weighted by Gasteiger charge is -2.20. The zero-order valence-corrected chi connectivity index (χ0v) is 11.9. The Kier molecular flexibility index (Phi) is 4.24. The minimum Gasteiger partial charge on any atom is -0.393 e. The molecule has 1 unspecified atom stereocenters. The normalized spacial score (nSPS) is 17.3. The molecular formula is C13H16N2OS2. The molecule has 0 saturated heterocycles. The minimum atomic E-state index is -0.00116. The van der Waals surface area contributed by atoms with Crippen LogP contribution in [0.5, 0.6) is 0 Å². The van der Waals surface area contributed by atoms with Gasteiger partial charge in [-0.15, -0.1) is 11.8 Å². The van der Waals surface area contributed by atoms with Crippen LogP contribution in [0.3, 0.4) is 0 Å². The van der Waals surface area contributed by atoms with Crippen molar-refractivity contribution in [1.29, 1.82) is 0 Å². The second-order valence-electron chi connectivity index (χ2n) is 4.39. The average molecular weight is 280 g/mol. The fraction of sp³-hybridized carbons (Fsp3) is 0.385. The molecule has 0 aliphatic carbocycles. The van der Waals surface area contributed by atoms with Gasteiger partial charge >= 0.3 is 0 Å². The van der Waals surface area contributed by atoms with E-state index in [1.165, 1.54) is 10.5 Å². The highest BCUT2D eigenvalue weighted by atomic mass is 32.2. The van der Waals surface area contributed by atoms with Crippen molar-refractivity contribution in [3.8, 4) is 0 Å². The van der Waals surface area contributed by atoms with E-state index in [-0.39, 0.29) is 11.2 Å². The smallest absolute Gasteiger partial charge is 0.236 e. The van der Waals surface area contributed by atoms with E-state index in [2.05, 4.69) is 12.1 Å². The van der Waals surface area contributed by atoms with Crippen LogP contribution in [0.1, 0.15) is 12.0 Å². The SMILES string of the molecule is CN(CCC(N)=S)C(=O)C1Cc2ccccc2S1. The van der Waals surface area contributed by atoms with Gasteiger partial charge < -0.3 is 10.6 Å². The van der Waals surface area contributed by atoms with Crippen molar-refractivity contribution in [3.05, 3.63) is 29.8 Å². The zero-order chi connectivity index (χ0) is 13.1. The number of hydrogen-bond donors (Lipinski definition) is 1. The lowest BCUT2D eigenvalue weighted by molar-refractivity contribution is -0.129. The second kappa shape index (κ2) is 5.71. The van der Waals surface area contributed by atoms with Crippen molar-refractivity contribution < 1.29 is 4.79 Å². The van der Waals surface area contributed by atoms with E-state index < -0.39 is 0 Å². The predicted molar refractivity (Wildman–Crippen MR) is 78.8 cm³/mol. The summed E-state index contributed by atoms with van der Waals surface area (Å²) in [7, 11) is 1.81. The summed E-state index contributed by atoms with van der Waals surface area (Å²) in [6.45, 7) is 0.599. The van der Waals surface area contributed by atoms with Crippen LogP contribution >= 0.6 is 24.0 Å². The summed E-state index contributed by atoms with van der Waals surface area (Å²) < 4.78 is 0. The molecule has 0 aromatic heterocycles. The van der Waals surface area contributed by atoms with Gasteiger partial charge in [0.25, 0.3) is 0 Å². The van der Waals surface area contributed by atoms with E-state index in [9.17, 15) is 4.79 Å². The number of hydrogen-bond acceptors (Lipinski definition) is 3. The Morgan fingerprint density at radius 1 is 1.56 bits per heavy atom. The van der Waals surface area contributed by atoms with Gasteiger partial charge in [-0.3, -0.25) is 4.79 Å². The Morgan fingerprint density at radius 3 is 2.94 bits per heavy atom. The van der Waals surface area contributed by atoms with E-state index in [0.717, 1.165) is 6.42 Å². The van der Waals surface area contributed by atoms with Crippen molar-refractivity contribution in [3.63, 3.8) is 0 Å². The Balaban J connectivity index is 1.94. The average Bonchev–Trinajstić information content (AvgIpc) is 2.78. The monoisotopic (exact) mass is 280 g/mol. The first kappa shape index (κ1) is 13.4. The summed E-state index contributed by atoms with van der Waals surface area (Å²) >= 11 is 6.48. The Labute approximate surface area is 117 Å². The predicted octanol–water partition coefficient (Wildman–Crippen LogP) is 1.84. The van der Waals surface area contributed by atoms with Crippen molar-refractivity contribution >= 4 is 34.9 Å². The van der Waals surface area contributed by atoms with Crippen molar-refractivity contribution in [2.75, 3.05) is 13.6 Å². The largest absolute Gasteiger partial charge is 0.393 e. The summed E-state index contributed by atoms with van der Waals surface area (Å²) in [5.41, 5.74) is 6.72. The molecular weight excluding hydrogens is 264 g/mol. The highest BCUT2D eigenvalue weighted by Gasteiger charge is 2.29. The Hall–Kier alpha value is -1.07. The van der Waals surface area contributed by atoms with Crippen LogP contribution in [0.25, 0.3) is 0 Å². The molecule has 96 valence electrons. The van der Waals surface area contributed by atoms with Gasteiger partial charge in [0, 0.05) is 24.9 Å². The molecule has 18 heavy (non-hydrogen) atoms. The molecule has 1 aliphatic rings. The molecule has 1 atom stereocenters. The number of rotatable bonds is 4. The third-order valence-corrected chi connectivity index (χ3v) is 4.50. The highest BCUT2D eigenvalue weighted by molar-refractivity contribution is 8.01. The third-order valence-electron chi connectivity index (χ3n) is 2.99. The number of amides is 1. The number of thiocarbonyl (C=S) groups is 1. The van der Waals surface area contributed by atoms with Crippen LogP contribution in [0, 0.1) is 0 Å². The van der Waals surface area contributed by atoms with Crippen LogP contribution < -0.4 is 5.73 Å². The number of nitrogens with zero attached hydrogens (tertiary/aromatic N) is 1. The van der Waals surface area contributed by atoms with Gasteiger partial charge in [-0.1, -0.05) is 30.4 Å². The van der Waals surface area contributed by atoms with Crippen LogP contribution in [0.4, 0.5) is 0 Å². The van der Waals surface area contributed by atoms with Gasteiger partial charge in [-0.2, -0.15) is 0 Å². The topological polar surface area (TPSA) is 46.3 Å². The van der Waals surface area contributed by atoms with Gasteiger partial charge in [-0.25, -0.2) is 0 Å². The van der Waals surface area contributed by atoms with E-state index in [0.29, 0.717) is 18.0 Å². The molecule has 3 nitrogen and oxygen atoms in total. The number of nitrogens with two attached hydrogens (primary N) is 1. The maximum atomic E-state index is 12.2. The molecule has 1 aliphatic heterocycles. The second-order valence-corrected chi connectivity index (χ2v) is 6.16. The number of benzene rings is 1. The quantitative estimate of drug-likeness (QED) is 0.855. The molecule has 1 heterocycles. The molecule has 0 bridgehead atoms. The first-order chi connectivity index (χ1) is 8.58. The summed E-state index contributed by atoms with van der Waals surface area (Å²) in [4.78, 5) is 15.6. The van der Waals surface area contributed by atoms with Gasteiger partial charge in [0.1, 0.15) is 0 Å². The van der Waals surface area contributed by atoms with Gasteiger partial charge in [0.15, 0.2) is 0 Å². The van der Waals surface area contributed by atoms with Crippen LogP contribution in [0.15, 0.2) is 29.2 Å². The molecule has 5 heteroatoms. The van der Waals surface area contributed by atoms with Crippen LogP contribution in [-0.2, 0) is 11.2 Å². The summed E-state index contributed by atoms with van der Waals surface area (Å²) in [6, 6.07) is 8.19. The van der Waals surface area contributed by atoms with Crippen molar-refractivity contribution in [2.45, 2.75) is 23.0 Å². The maximum absolute atomic E-state index is 12.2. The standard InChI is InChI=1S/C13H16N2OS2/c1-15(7-6-12(14)17)13(16)11-8-9-4-2-3-5-10(9)18-11/h2-5,11H,6-8H2,1H3,(H2,14,17). The maximum Gasteiger partial charge on any atom is 0.236 e. The molecule has 1 amide bonds. The number of thioether (sulfide) groups is 1. The Morgan fingerprint density at radius 2 is 2.28 bits per heavy atom. The van der Waals surface area contributed by atoms with Gasteiger partial charge in [0.2, 0.25) is 5.91 Å². The molecule has 0 spiro atoms. The molecule has 0 fully saturated rings. The number of fused-ring (bicyclic) bond motifs is 1. The fourth-order valence-electron chi connectivity index (χ4n) is 1.95. The third kappa shape index (κ3) is 3.03. The molecule has 2 rings (SSSR count). The highest BCUT2D eigenvalue weighted by Crippen LogP contribution is 2.37. The first-order valence-corrected chi connectivity index (χ1v) is 7.14. The molecule has 1 aromatic carbocycles. The van der Waals surface area contributed by atoms with Crippen LogP contribution in [-0.4, -0.2) is 34.6 Å². The molecule has 0 saturated carbocycles. The molecule has 0 radical (unpaired) electrons. The van der Waals surface area contributed by atoms with E-state index in [1.807, 2.05) is 19.2 Å². The summed E-state index contributed by atoms with van der Waals surface area (Å²) in [5, 5.41) is -0.00116.